The predicted molar refractivity (Wildman–Crippen MR) is 65.4 cm³/mol. The van der Waals surface area contributed by atoms with Crippen molar-refractivity contribution < 1.29 is 13.2 Å². The smallest absolute Gasteiger partial charge is 0.237 e. The highest BCUT2D eigenvalue weighted by Crippen LogP contribution is 2.32. The highest BCUT2D eigenvalue weighted by Gasteiger charge is 2.36. The van der Waals surface area contributed by atoms with E-state index in [1.54, 1.807) is 0 Å². The molecule has 8 heteroatoms. The summed E-state index contributed by atoms with van der Waals surface area (Å²) in [4.78, 5) is 8.23. The Morgan fingerprint density at radius 1 is 1.50 bits per heavy atom. The molecule has 1 aromatic rings. The minimum atomic E-state index is -2.96. The van der Waals surface area contributed by atoms with E-state index in [2.05, 4.69) is 15.4 Å². The van der Waals surface area contributed by atoms with E-state index in [-0.39, 0.29) is 23.5 Å². The fourth-order valence-electron chi connectivity index (χ4n) is 2.23. The fourth-order valence-corrected chi connectivity index (χ4v) is 4.07. The summed E-state index contributed by atoms with van der Waals surface area (Å²) in [5.74, 6) is 6.09. The number of ether oxygens (including phenoxy) is 1. The molecule has 0 aliphatic carbocycles. The van der Waals surface area contributed by atoms with Gasteiger partial charge in [0.15, 0.2) is 9.84 Å². The molecule has 3 N–H and O–H groups in total. The van der Waals surface area contributed by atoms with Crippen LogP contribution in [0.25, 0.3) is 0 Å². The van der Waals surface area contributed by atoms with E-state index in [1.807, 2.05) is 0 Å². The van der Waals surface area contributed by atoms with Crippen LogP contribution in [0.4, 0.5) is 0 Å². The van der Waals surface area contributed by atoms with Crippen LogP contribution in [0, 0.1) is 5.92 Å². The molecule has 0 amide bonds. The maximum absolute atomic E-state index is 11.5. The Bertz CT molecular complexity index is 520. The van der Waals surface area contributed by atoms with E-state index in [9.17, 15) is 8.42 Å². The third-order valence-electron chi connectivity index (χ3n) is 3.10. The summed E-state index contributed by atoms with van der Waals surface area (Å²) in [6.45, 7) is 0. The highest BCUT2D eigenvalue weighted by molar-refractivity contribution is 7.91. The molecule has 1 saturated heterocycles. The van der Waals surface area contributed by atoms with Gasteiger partial charge in [0.2, 0.25) is 5.88 Å². The second-order valence-electron chi connectivity index (χ2n) is 4.26. The molecule has 2 rings (SSSR count). The number of rotatable bonds is 4. The van der Waals surface area contributed by atoms with Crippen molar-refractivity contribution >= 4 is 9.84 Å². The van der Waals surface area contributed by atoms with Crippen molar-refractivity contribution in [2.24, 2.45) is 11.8 Å². The Labute approximate surface area is 106 Å². The molecule has 2 atom stereocenters. The lowest BCUT2D eigenvalue weighted by Crippen LogP contribution is -2.35. The lowest BCUT2D eigenvalue weighted by Gasteiger charge is -2.21. The van der Waals surface area contributed by atoms with Gasteiger partial charge in [-0.25, -0.2) is 13.4 Å². The molecular formula is C10H16N4O3S. The summed E-state index contributed by atoms with van der Waals surface area (Å²) in [6, 6.07) is -0.370. The Hall–Kier alpha value is -1.25. The number of nitrogens with zero attached hydrogens (tertiary/aromatic N) is 2. The van der Waals surface area contributed by atoms with E-state index in [0.29, 0.717) is 18.0 Å². The van der Waals surface area contributed by atoms with E-state index in [1.165, 1.54) is 19.5 Å². The minimum absolute atomic E-state index is 0.106. The van der Waals surface area contributed by atoms with Crippen LogP contribution in [0.3, 0.4) is 0 Å². The standard InChI is InChI=1S/C10H16N4O3S/c1-17-10-9(12-3-4-13-10)8(14-11)7-2-5-18(15,16)6-7/h3-4,7-8,14H,2,5-6,11H2,1H3. The number of sulfone groups is 1. The van der Waals surface area contributed by atoms with Gasteiger partial charge in [0.05, 0.1) is 24.7 Å². The first-order chi connectivity index (χ1) is 8.57. The largest absolute Gasteiger partial charge is 0.480 e. The number of hydrogen-bond acceptors (Lipinski definition) is 7. The molecule has 0 aromatic carbocycles. The highest BCUT2D eigenvalue weighted by atomic mass is 32.2. The molecule has 0 spiro atoms. The summed E-state index contributed by atoms with van der Waals surface area (Å²) >= 11 is 0. The van der Waals surface area contributed by atoms with Gasteiger partial charge in [-0.3, -0.25) is 16.3 Å². The summed E-state index contributed by atoms with van der Waals surface area (Å²) in [6.07, 6.45) is 3.61. The fraction of sp³-hybridized carbons (Fsp3) is 0.600. The summed E-state index contributed by atoms with van der Waals surface area (Å²) < 4.78 is 28.1. The first-order valence-electron chi connectivity index (χ1n) is 5.59. The van der Waals surface area contributed by atoms with Gasteiger partial charge >= 0.3 is 0 Å². The first-order valence-corrected chi connectivity index (χ1v) is 7.41. The second-order valence-corrected chi connectivity index (χ2v) is 6.49. The van der Waals surface area contributed by atoms with Gasteiger partial charge in [0.1, 0.15) is 5.69 Å². The molecule has 18 heavy (non-hydrogen) atoms. The average molecular weight is 272 g/mol. The van der Waals surface area contributed by atoms with Crippen LogP contribution >= 0.6 is 0 Å². The normalized spacial score (nSPS) is 23.8. The number of methoxy groups -OCH3 is 1. The topological polar surface area (TPSA) is 107 Å². The zero-order valence-corrected chi connectivity index (χ0v) is 10.9. The Kier molecular flexibility index (Phi) is 3.79. The van der Waals surface area contributed by atoms with Crippen molar-refractivity contribution in [3.8, 4) is 5.88 Å². The molecule has 2 heterocycles. The van der Waals surface area contributed by atoms with Crippen LogP contribution < -0.4 is 16.0 Å². The van der Waals surface area contributed by atoms with E-state index in [0.717, 1.165) is 0 Å². The van der Waals surface area contributed by atoms with Crippen molar-refractivity contribution in [1.29, 1.82) is 0 Å². The quantitative estimate of drug-likeness (QED) is 0.558. The molecule has 0 saturated carbocycles. The molecular weight excluding hydrogens is 256 g/mol. The van der Waals surface area contributed by atoms with Gasteiger partial charge in [-0.05, 0) is 12.3 Å². The Balaban J connectivity index is 2.29. The van der Waals surface area contributed by atoms with Crippen LogP contribution in [0.1, 0.15) is 18.2 Å². The molecule has 1 aliphatic heterocycles. The third-order valence-corrected chi connectivity index (χ3v) is 4.89. The number of nitrogens with two attached hydrogens (primary N) is 1. The predicted octanol–water partition coefficient (Wildman–Crippen LogP) is -0.576. The monoisotopic (exact) mass is 272 g/mol. The SMILES string of the molecule is COc1nccnc1C(NN)C1CCS(=O)(=O)C1. The Morgan fingerprint density at radius 3 is 2.78 bits per heavy atom. The zero-order chi connectivity index (χ0) is 13.2. The number of aromatic nitrogens is 2. The van der Waals surface area contributed by atoms with Crippen LogP contribution in [0.15, 0.2) is 12.4 Å². The lowest BCUT2D eigenvalue weighted by atomic mass is 9.97. The van der Waals surface area contributed by atoms with E-state index >= 15 is 0 Å². The molecule has 7 nitrogen and oxygen atoms in total. The van der Waals surface area contributed by atoms with Gasteiger partial charge < -0.3 is 4.74 Å². The minimum Gasteiger partial charge on any atom is -0.480 e. The number of hydrogen-bond donors (Lipinski definition) is 2. The van der Waals surface area contributed by atoms with Crippen LogP contribution in [-0.2, 0) is 9.84 Å². The number of hydrazine groups is 1. The van der Waals surface area contributed by atoms with Gasteiger partial charge in [-0.1, -0.05) is 0 Å². The third kappa shape index (κ3) is 2.60. The lowest BCUT2D eigenvalue weighted by molar-refractivity contribution is 0.345. The second kappa shape index (κ2) is 5.17. The summed E-state index contributed by atoms with van der Waals surface area (Å²) in [7, 11) is -1.47. The maximum atomic E-state index is 11.5. The summed E-state index contributed by atoms with van der Waals surface area (Å²) in [5.41, 5.74) is 3.17. The van der Waals surface area contributed by atoms with Gasteiger partial charge in [0, 0.05) is 12.4 Å². The van der Waals surface area contributed by atoms with Crippen LogP contribution in [0.2, 0.25) is 0 Å². The van der Waals surface area contributed by atoms with Crippen molar-refractivity contribution in [2.45, 2.75) is 12.5 Å². The van der Waals surface area contributed by atoms with Crippen molar-refractivity contribution in [1.82, 2.24) is 15.4 Å². The van der Waals surface area contributed by atoms with Gasteiger partial charge in [-0.15, -0.1) is 0 Å². The van der Waals surface area contributed by atoms with Crippen molar-refractivity contribution in [3.05, 3.63) is 18.1 Å². The Morgan fingerprint density at radius 2 is 2.22 bits per heavy atom. The van der Waals surface area contributed by atoms with Gasteiger partial charge in [-0.2, -0.15) is 0 Å². The summed E-state index contributed by atoms with van der Waals surface area (Å²) in [5, 5.41) is 0. The molecule has 2 unspecified atom stereocenters. The van der Waals surface area contributed by atoms with Crippen LogP contribution in [0.5, 0.6) is 5.88 Å². The maximum Gasteiger partial charge on any atom is 0.237 e. The molecule has 100 valence electrons. The first kappa shape index (κ1) is 13.2. The van der Waals surface area contributed by atoms with Crippen LogP contribution in [-0.4, -0.2) is 37.0 Å². The molecule has 1 aromatic heterocycles. The van der Waals surface area contributed by atoms with Crippen molar-refractivity contribution in [2.75, 3.05) is 18.6 Å². The molecule has 1 aliphatic rings. The zero-order valence-electron chi connectivity index (χ0n) is 10.0. The average Bonchev–Trinajstić information content (AvgIpc) is 2.71. The molecule has 0 radical (unpaired) electrons. The van der Waals surface area contributed by atoms with E-state index < -0.39 is 9.84 Å². The van der Waals surface area contributed by atoms with Gasteiger partial charge in [0.25, 0.3) is 0 Å². The van der Waals surface area contributed by atoms with Crippen molar-refractivity contribution in [3.63, 3.8) is 0 Å². The molecule has 1 fully saturated rings. The van der Waals surface area contributed by atoms with E-state index in [4.69, 9.17) is 10.6 Å². The molecule has 0 bridgehead atoms. The number of nitrogens with one attached hydrogen (secondary N) is 1.